The minimum Gasteiger partial charge on any atom is -0.354 e. The van der Waals surface area contributed by atoms with Crippen molar-refractivity contribution in [1.29, 1.82) is 0 Å². The van der Waals surface area contributed by atoms with Gasteiger partial charge in [-0.25, -0.2) is 0 Å². The standard InChI is InChI=1S/C26H35ClN4O3/c1-2-3-4-7-15-28-22-17-25(30(19-22)18-21-8-5-6-9-24(21)27)26(32)29-16-14-20-10-12-23(13-11-20)31(33)34/h5-6,8-13,22,25,28H,2-4,7,14-19H2,1H3,(H,29,32)/t22-,25-/m0/s1. The fraction of sp³-hybridized carbons (Fsp3) is 0.500. The molecule has 34 heavy (non-hydrogen) atoms. The predicted molar refractivity (Wildman–Crippen MR) is 136 cm³/mol. The largest absolute Gasteiger partial charge is 0.354 e. The van der Waals surface area contributed by atoms with Crippen LogP contribution in [0.2, 0.25) is 5.02 Å². The van der Waals surface area contributed by atoms with Gasteiger partial charge in [0.15, 0.2) is 0 Å². The third-order valence-electron chi connectivity index (χ3n) is 6.36. The summed E-state index contributed by atoms with van der Waals surface area (Å²) in [6.07, 6.45) is 6.25. The average Bonchev–Trinajstić information content (AvgIpc) is 3.23. The fourth-order valence-corrected chi connectivity index (χ4v) is 4.63. The molecule has 1 saturated heterocycles. The molecular formula is C26H35ClN4O3. The number of nitrogens with one attached hydrogen (secondary N) is 2. The van der Waals surface area contributed by atoms with E-state index >= 15 is 0 Å². The van der Waals surface area contributed by atoms with Gasteiger partial charge in [0.2, 0.25) is 5.91 Å². The van der Waals surface area contributed by atoms with Crippen LogP contribution >= 0.6 is 11.6 Å². The molecule has 1 aliphatic heterocycles. The molecule has 0 radical (unpaired) electrons. The molecule has 2 aromatic carbocycles. The number of benzene rings is 2. The summed E-state index contributed by atoms with van der Waals surface area (Å²) in [7, 11) is 0. The number of nitro benzene ring substituents is 1. The number of non-ortho nitro benzene ring substituents is 1. The van der Waals surface area contributed by atoms with Gasteiger partial charge in [-0.15, -0.1) is 0 Å². The van der Waals surface area contributed by atoms with Crippen LogP contribution in [0.4, 0.5) is 5.69 Å². The third-order valence-corrected chi connectivity index (χ3v) is 6.73. The number of nitrogens with zero attached hydrogens (tertiary/aromatic N) is 2. The quantitative estimate of drug-likeness (QED) is 0.243. The number of rotatable bonds is 13. The lowest BCUT2D eigenvalue weighted by Gasteiger charge is -2.24. The summed E-state index contributed by atoms with van der Waals surface area (Å²) < 4.78 is 0. The Balaban J connectivity index is 1.56. The fourth-order valence-electron chi connectivity index (χ4n) is 4.43. The summed E-state index contributed by atoms with van der Waals surface area (Å²) >= 11 is 6.40. The second-order valence-corrected chi connectivity index (χ2v) is 9.36. The SMILES string of the molecule is CCCCCCN[C@H]1C[C@@H](C(=O)NCCc2ccc([N+](=O)[O-])cc2)N(Cc2ccccc2Cl)C1. The zero-order valence-electron chi connectivity index (χ0n) is 19.8. The van der Waals surface area contributed by atoms with Crippen molar-refractivity contribution in [2.24, 2.45) is 0 Å². The Labute approximate surface area is 207 Å². The first kappa shape index (κ1) is 26.1. The zero-order valence-corrected chi connectivity index (χ0v) is 20.6. The van der Waals surface area contributed by atoms with E-state index < -0.39 is 4.92 Å². The van der Waals surface area contributed by atoms with Crippen LogP contribution in [-0.4, -0.2) is 47.4 Å². The Kier molecular flexibility index (Phi) is 10.3. The Hall–Kier alpha value is -2.48. The van der Waals surface area contributed by atoms with E-state index in [9.17, 15) is 14.9 Å². The summed E-state index contributed by atoms with van der Waals surface area (Å²) in [6.45, 7) is 5.11. The molecule has 0 bridgehead atoms. The van der Waals surface area contributed by atoms with E-state index in [0.29, 0.717) is 19.5 Å². The Morgan fingerprint density at radius 3 is 2.59 bits per heavy atom. The summed E-state index contributed by atoms with van der Waals surface area (Å²) in [6, 6.07) is 14.3. The normalized spacial score (nSPS) is 18.2. The molecule has 0 unspecified atom stereocenters. The van der Waals surface area contributed by atoms with Crippen LogP contribution in [0.3, 0.4) is 0 Å². The highest BCUT2D eigenvalue weighted by Crippen LogP contribution is 2.24. The van der Waals surface area contributed by atoms with Crippen molar-refractivity contribution in [3.8, 4) is 0 Å². The number of amides is 1. The number of hydrogen-bond acceptors (Lipinski definition) is 5. The Morgan fingerprint density at radius 2 is 1.88 bits per heavy atom. The molecule has 0 saturated carbocycles. The lowest BCUT2D eigenvalue weighted by Crippen LogP contribution is -2.43. The summed E-state index contributed by atoms with van der Waals surface area (Å²) in [5.74, 6) is 0.0178. The van der Waals surface area contributed by atoms with Gasteiger partial charge in [-0.05, 0) is 43.0 Å². The maximum atomic E-state index is 13.1. The van der Waals surface area contributed by atoms with Crippen molar-refractivity contribution in [2.75, 3.05) is 19.6 Å². The molecular weight excluding hydrogens is 452 g/mol. The van der Waals surface area contributed by atoms with Crippen LogP contribution in [0.1, 0.15) is 50.2 Å². The molecule has 8 heteroatoms. The van der Waals surface area contributed by atoms with E-state index in [1.165, 1.54) is 31.4 Å². The topological polar surface area (TPSA) is 87.5 Å². The highest BCUT2D eigenvalue weighted by molar-refractivity contribution is 6.31. The van der Waals surface area contributed by atoms with Crippen molar-refractivity contribution >= 4 is 23.2 Å². The van der Waals surface area contributed by atoms with Gasteiger partial charge in [0.1, 0.15) is 0 Å². The minimum absolute atomic E-state index is 0.0178. The van der Waals surface area contributed by atoms with Crippen LogP contribution in [0.25, 0.3) is 0 Å². The highest BCUT2D eigenvalue weighted by atomic mass is 35.5. The Morgan fingerprint density at radius 1 is 1.12 bits per heavy atom. The van der Waals surface area contributed by atoms with Gasteiger partial charge in [-0.1, -0.05) is 68.1 Å². The monoisotopic (exact) mass is 486 g/mol. The van der Waals surface area contributed by atoms with Gasteiger partial charge in [-0.2, -0.15) is 0 Å². The lowest BCUT2D eigenvalue weighted by atomic mass is 10.1. The first-order chi connectivity index (χ1) is 16.5. The molecule has 0 aromatic heterocycles. The average molecular weight is 487 g/mol. The number of carbonyl (C=O) groups is 1. The van der Waals surface area contributed by atoms with Crippen LogP contribution in [0, 0.1) is 10.1 Å². The minimum atomic E-state index is -0.409. The first-order valence-corrected chi connectivity index (χ1v) is 12.6. The first-order valence-electron chi connectivity index (χ1n) is 12.2. The maximum Gasteiger partial charge on any atom is 0.269 e. The predicted octanol–water partition coefficient (Wildman–Crippen LogP) is 4.72. The maximum absolute atomic E-state index is 13.1. The van der Waals surface area contributed by atoms with E-state index in [0.717, 1.165) is 42.1 Å². The number of likely N-dealkylation sites (tertiary alicyclic amines) is 1. The molecule has 2 aromatic rings. The van der Waals surface area contributed by atoms with Gasteiger partial charge in [0.05, 0.1) is 11.0 Å². The van der Waals surface area contributed by atoms with Crippen LogP contribution < -0.4 is 10.6 Å². The number of nitro groups is 1. The zero-order chi connectivity index (χ0) is 24.3. The molecule has 1 heterocycles. The molecule has 7 nitrogen and oxygen atoms in total. The molecule has 2 atom stereocenters. The molecule has 0 aliphatic carbocycles. The van der Waals surface area contributed by atoms with Crippen molar-refractivity contribution in [2.45, 2.75) is 64.1 Å². The van der Waals surface area contributed by atoms with Crippen molar-refractivity contribution in [1.82, 2.24) is 15.5 Å². The van der Waals surface area contributed by atoms with Gasteiger partial charge in [-0.3, -0.25) is 19.8 Å². The molecule has 184 valence electrons. The summed E-state index contributed by atoms with van der Waals surface area (Å²) in [5.41, 5.74) is 2.05. The molecule has 1 aliphatic rings. The lowest BCUT2D eigenvalue weighted by molar-refractivity contribution is -0.384. The van der Waals surface area contributed by atoms with E-state index in [1.54, 1.807) is 12.1 Å². The van der Waals surface area contributed by atoms with Gasteiger partial charge < -0.3 is 10.6 Å². The number of carbonyl (C=O) groups excluding carboxylic acids is 1. The van der Waals surface area contributed by atoms with Crippen LogP contribution in [0.5, 0.6) is 0 Å². The smallest absolute Gasteiger partial charge is 0.269 e. The van der Waals surface area contributed by atoms with Crippen LogP contribution in [-0.2, 0) is 17.8 Å². The van der Waals surface area contributed by atoms with E-state index in [-0.39, 0.29) is 23.7 Å². The van der Waals surface area contributed by atoms with Gasteiger partial charge >= 0.3 is 0 Å². The van der Waals surface area contributed by atoms with E-state index in [1.807, 2.05) is 24.3 Å². The number of hydrogen-bond donors (Lipinski definition) is 2. The molecule has 1 amide bonds. The molecule has 2 N–H and O–H groups in total. The van der Waals surface area contributed by atoms with E-state index in [2.05, 4.69) is 22.5 Å². The molecule has 3 rings (SSSR count). The summed E-state index contributed by atoms with van der Waals surface area (Å²) in [4.78, 5) is 25.7. The second-order valence-electron chi connectivity index (χ2n) is 8.95. The van der Waals surface area contributed by atoms with Gasteiger partial charge in [0, 0.05) is 42.8 Å². The van der Waals surface area contributed by atoms with Crippen molar-refractivity contribution in [3.63, 3.8) is 0 Å². The van der Waals surface area contributed by atoms with Crippen molar-refractivity contribution < 1.29 is 9.72 Å². The molecule has 1 fully saturated rings. The highest BCUT2D eigenvalue weighted by Gasteiger charge is 2.36. The van der Waals surface area contributed by atoms with Gasteiger partial charge in [0.25, 0.3) is 5.69 Å². The second kappa shape index (κ2) is 13.4. The number of unbranched alkanes of at least 4 members (excludes halogenated alkanes) is 3. The molecule has 0 spiro atoms. The van der Waals surface area contributed by atoms with Crippen molar-refractivity contribution in [3.05, 3.63) is 74.8 Å². The van der Waals surface area contributed by atoms with E-state index in [4.69, 9.17) is 11.6 Å². The van der Waals surface area contributed by atoms with Crippen LogP contribution in [0.15, 0.2) is 48.5 Å². The number of halogens is 1. The Bertz CT molecular complexity index is 938. The third kappa shape index (κ3) is 7.79. The summed E-state index contributed by atoms with van der Waals surface area (Å²) in [5, 5.41) is 18.2.